The van der Waals surface area contributed by atoms with Crippen molar-refractivity contribution in [2.24, 2.45) is 5.73 Å². The maximum Gasteiger partial charge on any atom is 0.323 e. The minimum Gasteiger partial charge on any atom is -0.330 e. The van der Waals surface area contributed by atoms with E-state index in [1.54, 1.807) is 24.3 Å². The van der Waals surface area contributed by atoms with Crippen molar-refractivity contribution in [3.8, 4) is 0 Å². The van der Waals surface area contributed by atoms with Crippen molar-refractivity contribution >= 4 is 29.0 Å². The first-order valence-electron chi connectivity index (χ1n) is 6.30. The summed E-state index contributed by atoms with van der Waals surface area (Å²) in [5.41, 5.74) is 8.01. The molecule has 0 aliphatic carbocycles. The molecule has 104 valence electrons. The van der Waals surface area contributed by atoms with Gasteiger partial charge in [-0.05, 0) is 48.9 Å². The third-order valence-corrected chi connectivity index (χ3v) is 2.96. The molecule has 4 nitrogen and oxygen atoms in total. The topological polar surface area (TPSA) is 67.1 Å². The van der Waals surface area contributed by atoms with Crippen molar-refractivity contribution in [1.82, 2.24) is 0 Å². The lowest BCUT2D eigenvalue weighted by atomic mass is 10.1. The number of amides is 2. The lowest BCUT2D eigenvalue weighted by molar-refractivity contribution is 0.262. The predicted molar refractivity (Wildman–Crippen MR) is 83.3 cm³/mol. The number of nitrogens with one attached hydrogen (secondary N) is 2. The number of anilines is 2. The van der Waals surface area contributed by atoms with E-state index in [9.17, 15) is 4.79 Å². The number of benzene rings is 2. The average Bonchev–Trinajstić information content (AvgIpc) is 2.41. The van der Waals surface area contributed by atoms with E-state index in [2.05, 4.69) is 10.6 Å². The van der Waals surface area contributed by atoms with Crippen LogP contribution in [0.2, 0.25) is 5.02 Å². The minimum atomic E-state index is -0.307. The molecule has 0 bridgehead atoms. The molecule has 0 atom stereocenters. The largest absolute Gasteiger partial charge is 0.330 e. The van der Waals surface area contributed by atoms with Gasteiger partial charge in [-0.3, -0.25) is 0 Å². The van der Waals surface area contributed by atoms with E-state index in [4.69, 9.17) is 17.3 Å². The molecule has 0 saturated heterocycles. The number of hydrogen-bond acceptors (Lipinski definition) is 2. The van der Waals surface area contributed by atoms with E-state index >= 15 is 0 Å². The third kappa shape index (κ3) is 4.26. The lowest BCUT2D eigenvalue weighted by Crippen LogP contribution is -2.19. The summed E-state index contributed by atoms with van der Waals surface area (Å²) in [5, 5.41) is 6.05. The van der Waals surface area contributed by atoms with Crippen LogP contribution in [0.5, 0.6) is 0 Å². The predicted octanol–water partition coefficient (Wildman–Crippen LogP) is 3.49. The summed E-state index contributed by atoms with van der Waals surface area (Å²) in [7, 11) is 0. The summed E-state index contributed by atoms with van der Waals surface area (Å²) < 4.78 is 0. The second-order valence-electron chi connectivity index (χ2n) is 4.33. The number of nitrogens with two attached hydrogens (primary N) is 1. The van der Waals surface area contributed by atoms with Crippen molar-refractivity contribution in [2.45, 2.75) is 6.42 Å². The van der Waals surface area contributed by atoms with Crippen LogP contribution < -0.4 is 16.4 Å². The molecule has 0 radical (unpaired) electrons. The minimum absolute atomic E-state index is 0.307. The summed E-state index contributed by atoms with van der Waals surface area (Å²) in [6, 6.07) is 14.3. The van der Waals surface area contributed by atoms with Gasteiger partial charge in [-0.1, -0.05) is 29.8 Å². The second-order valence-corrected chi connectivity index (χ2v) is 4.76. The Labute approximate surface area is 122 Å². The summed E-state index contributed by atoms with van der Waals surface area (Å²) in [5.74, 6) is 0. The van der Waals surface area contributed by atoms with Crippen molar-refractivity contribution in [2.75, 3.05) is 17.2 Å². The normalized spacial score (nSPS) is 10.1. The number of carbonyl (C=O) groups excluding carboxylic acids is 1. The van der Waals surface area contributed by atoms with Gasteiger partial charge in [0.2, 0.25) is 0 Å². The van der Waals surface area contributed by atoms with Crippen molar-refractivity contribution in [3.05, 3.63) is 59.1 Å². The van der Waals surface area contributed by atoms with Crippen LogP contribution in [0.4, 0.5) is 16.2 Å². The quantitative estimate of drug-likeness (QED) is 0.806. The maximum atomic E-state index is 11.8. The molecule has 0 saturated carbocycles. The Morgan fingerprint density at radius 1 is 1.05 bits per heavy atom. The molecule has 4 N–H and O–H groups in total. The highest BCUT2D eigenvalue weighted by atomic mass is 35.5. The number of hydrogen-bond donors (Lipinski definition) is 3. The van der Waals surface area contributed by atoms with Gasteiger partial charge in [-0.15, -0.1) is 0 Å². The van der Waals surface area contributed by atoms with Gasteiger partial charge in [-0.25, -0.2) is 4.79 Å². The first-order valence-corrected chi connectivity index (χ1v) is 6.68. The van der Waals surface area contributed by atoms with E-state index in [1.165, 1.54) is 0 Å². The highest BCUT2D eigenvalue weighted by Crippen LogP contribution is 2.15. The summed E-state index contributed by atoms with van der Waals surface area (Å²) in [4.78, 5) is 11.8. The Balaban J connectivity index is 1.94. The molecule has 5 heteroatoms. The standard InChI is InChI=1S/C15H16ClN3O/c16-12-2-1-3-14(10-12)19-15(20)18-13-6-4-11(5-7-13)8-9-17/h1-7,10H,8-9,17H2,(H2,18,19,20). The Morgan fingerprint density at radius 2 is 1.75 bits per heavy atom. The van der Waals surface area contributed by atoms with Gasteiger partial charge in [0.05, 0.1) is 0 Å². The highest BCUT2D eigenvalue weighted by molar-refractivity contribution is 6.30. The van der Waals surface area contributed by atoms with E-state index in [0.29, 0.717) is 17.3 Å². The molecular formula is C15H16ClN3O. The van der Waals surface area contributed by atoms with Gasteiger partial charge < -0.3 is 16.4 Å². The fourth-order valence-electron chi connectivity index (χ4n) is 1.78. The molecule has 20 heavy (non-hydrogen) atoms. The molecule has 2 aromatic rings. The van der Waals surface area contributed by atoms with Crippen LogP contribution >= 0.6 is 11.6 Å². The number of halogens is 1. The van der Waals surface area contributed by atoms with E-state index < -0.39 is 0 Å². The molecule has 0 unspecified atom stereocenters. The van der Waals surface area contributed by atoms with E-state index in [-0.39, 0.29) is 6.03 Å². The third-order valence-electron chi connectivity index (χ3n) is 2.73. The van der Waals surface area contributed by atoms with Crippen LogP contribution in [0, 0.1) is 0 Å². The van der Waals surface area contributed by atoms with E-state index in [1.807, 2.05) is 24.3 Å². The molecule has 0 spiro atoms. The number of rotatable bonds is 4. The monoisotopic (exact) mass is 289 g/mol. The first kappa shape index (κ1) is 14.4. The SMILES string of the molecule is NCCc1ccc(NC(=O)Nc2cccc(Cl)c2)cc1. The summed E-state index contributed by atoms with van der Waals surface area (Å²) in [6.45, 7) is 0.613. The fraction of sp³-hybridized carbons (Fsp3) is 0.133. The highest BCUT2D eigenvalue weighted by Gasteiger charge is 2.03. The zero-order valence-corrected chi connectivity index (χ0v) is 11.7. The van der Waals surface area contributed by atoms with Crippen LogP contribution in [0.15, 0.2) is 48.5 Å². The molecular weight excluding hydrogens is 274 g/mol. The number of carbonyl (C=O) groups is 1. The van der Waals surface area contributed by atoms with Crippen molar-refractivity contribution in [1.29, 1.82) is 0 Å². The van der Waals surface area contributed by atoms with Crippen molar-refractivity contribution < 1.29 is 4.79 Å². The van der Waals surface area contributed by atoms with Gasteiger partial charge in [0.1, 0.15) is 0 Å². The number of urea groups is 1. The molecule has 2 aromatic carbocycles. The molecule has 0 aromatic heterocycles. The van der Waals surface area contributed by atoms with Gasteiger partial charge in [0.25, 0.3) is 0 Å². The first-order chi connectivity index (χ1) is 9.67. The summed E-state index contributed by atoms with van der Waals surface area (Å²) in [6.07, 6.45) is 0.828. The second kappa shape index (κ2) is 6.93. The van der Waals surface area contributed by atoms with Gasteiger partial charge in [0.15, 0.2) is 0 Å². The Kier molecular flexibility index (Phi) is 4.98. The molecule has 0 aliphatic rings. The fourth-order valence-corrected chi connectivity index (χ4v) is 1.97. The Hall–Kier alpha value is -2.04. The van der Waals surface area contributed by atoms with Crippen LogP contribution in [0.25, 0.3) is 0 Å². The molecule has 2 amide bonds. The zero-order chi connectivity index (χ0) is 14.4. The maximum absolute atomic E-state index is 11.8. The van der Waals surface area contributed by atoms with Crippen molar-refractivity contribution in [3.63, 3.8) is 0 Å². The van der Waals surface area contributed by atoms with Gasteiger partial charge >= 0.3 is 6.03 Å². The van der Waals surface area contributed by atoms with Gasteiger partial charge in [0, 0.05) is 16.4 Å². The zero-order valence-electron chi connectivity index (χ0n) is 10.9. The van der Waals surface area contributed by atoms with Crippen LogP contribution in [-0.4, -0.2) is 12.6 Å². The molecule has 0 aliphatic heterocycles. The van der Waals surface area contributed by atoms with E-state index in [0.717, 1.165) is 17.7 Å². The molecule has 0 heterocycles. The smallest absolute Gasteiger partial charge is 0.323 e. The average molecular weight is 290 g/mol. The Bertz CT molecular complexity index is 584. The van der Waals surface area contributed by atoms with Crippen LogP contribution in [0.1, 0.15) is 5.56 Å². The van der Waals surface area contributed by atoms with Crippen LogP contribution in [-0.2, 0) is 6.42 Å². The lowest BCUT2D eigenvalue weighted by Gasteiger charge is -2.08. The van der Waals surface area contributed by atoms with Gasteiger partial charge in [-0.2, -0.15) is 0 Å². The summed E-state index contributed by atoms with van der Waals surface area (Å²) >= 11 is 5.85. The molecule has 0 fully saturated rings. The molecule has 2 rings (SSSR count). The Morgan fingerprint density at radius 3 is 2.40 bits per heavy atom. The van der Waals surface area contributed by atoms with Crippen LogP contribution in [0.3, 0.4) is 0 Å².